The van der Waals surface area contributed by atoms with E-state index in [2.05, 4.69) is 34.2 Å². The van der Waals surface area contributed by atoms with Gasteiger partial charge in [0, 0.05) is 18.3 Å². The summed E-state index contributed by atoms with van der Waals surface area (Å²) >= 11 is 0. The predicted octanol–water partition coefficient (Wildman–Crippen LogP) is 4.58. The zero-order valence-electron chi connectivity index (χ0n) is 16.0. The Morgan fingerprint density at radius 1 is 1.14 bits per heavy atom. The SMILES string of the molecule is CC(C)CNc1cc(C(C)NC(=O)c2ccc(OCC(F)(F)F)cc2)ccn1. The number of halogens is 3. The molecule has 1 atom stereocenters. The first-order valence-corrected chi connectivity index (χ1v) is 8.94. The van der Waals surface area contributed by atoms with Gasteiger partial charge in [0.2, 0.25) is 0 Å². The first-order chi connectivity index (χ1) is 13.1. The number of pyridine rings is 1. The predicted molar refractivity (Wildman–Crippen MR) is 101 cm³/mol. The molecule has 0 aliphatic rings. The Balaban J connectivity index is 1.95. The second kappa shape index (κ2) is 9.43. The van der Waals surface area contributed by atoms with Gasteiger partial charge in [-0.25, -0.2) is 4.98 Å². The first-order valence-electron chi connectivity index (χ1n) is 8.94. The molecule has 5 nitrogen and oxygen atoms in total. The molecular formula is C20H24F3N3O2. The van der Waals surface area contributed by atoms with E-state index in [0.717, 1.165) is 17.9 Å². The van der Waals surface area contributed by atoms with Crippen molar-refractivity contribution < 1.29 is 22.7 Å². The molecule has 1 aromatic carbocycles. The van der Waals surface area contributed by atoms with Gasteiger partial charge >= 0.3 is 6.18 Å². The van der Waals surface area contributed by atoms with E-state index in [-0.39, 0.29) is 17.7 Å². The lowest BCUT2D eigenvalue weighted by molar-refractivity contribution is -0.153. The molecule has 0 bridgehead atoms. The largest absolute Gasteiger partial charge is 0.484 e. The number of benzene rings is 1. The first kappa shape index (κ1) is 21.5. The third-order valence-corrected chi connectivity index (χ3v) is 3.84. The molecule has 0 saturated heterocycles. The maximum absolute atomic E-state index is 12.4. The van der Waals surface area contributed by atoms with Crippen LogP contribution in [0.5, 0.6) is 5.75 Å². The van der Waals surface area contributed by atoms with E-state index in [9.17, 15) is 18.0 Å². The van der Waals surface area contributed by atoms with Crippen LogP contribution in [0.25, 0.3) is 0 Å². The van der Waals surface area contributed by atoms with Gasteiger partial charge in [-0.05, 0) is 54.8 Å². The molecule has 0 fully saturated rings. The number of rotatable bonds is 8. The number of ether oxygens (including phenoxy) is 1. The van der Waals surface area contributed by atoms with Crippen LogP contribution in [-0.2, 0) is 0 Å². The molecule has 0 spiro atoms. The lowest BCUT2D eigenvalue weighted by Crippen LogP contribution is -2.26. The summed E-state index contributed by atoms with van der Waals surface area (Å²) in [6.45, 7) is 5.46. The van der Waals surface area contributed by atoms with Gasteiger partial charge in [-0.15, -0.1) is 0 Å². The fraction of sp³-hybridized carbons (Fsp3) is 0.400. The minimum absolute atomic E-state index is 0.0527. The Kier molecular flexibility index (Phi) is 7.25. The van der Waals surface area contributed by atoms with E-state index in [0.29, 0.717) is 11.5 Å². The normalized spacial score (nSPS) is 12.5. The highest BCUT2D eigenvalue weighted by Gasteiger charge is 2.28. The van der Waals surface area contributed by atoms with Crippen molar-refractivity contribution in [2.24, 2.45) is 5.92 Å². The summed E-state index contributed by atoms with van der Waals surface area (Å²) in [7, 11) is 0. The molecule has 1 aromatic heterocycles. The number of aromatic nitrogens is 1. The standard InChI is InChI=1S/C20H24F3N3O2/c1-13(2)11-25-18-10-16(8-9-24-18)14(3)26-19(27)15-4-6-17(7-5-15)28-12-20(21,22)23/h4-10,13-14H,11-12H2,1-3H3,(H,24,25)(H,26,27). The van der Waals surface area contributed by atoms with Gasteiger partial charge in [0.25, 0.3) is 5.91 Å². The second-order valence-corrected chi connectivity index (χ2v) is 6.87. The summed E-state index contributed by atoms with van der Waals surface area (Å²) in [5.41, 5.74) is 1.22. The molecule has 2 aromatic rings. The number of hydrogen-bond acceptors (Lipinski definition) is 4. The van der Waals surface area contributed by atoms with E-state index >= 15 is 0 Å². The number of anilines is 1. The van der Waals surface area contributed by atoms with Crippen LogP contribution >= 0.6 is 0 Å². The molecule has 1 heterocycles. The Hall–Kier alpha value is -2.77. The van der Waals surface area contributed by atoms with Crippen LogP contribution in [0.1, 0.15) is 42.7 Å². The van der Waals surface area contributed by atoms with Crippen LogP contribution in [0.2, 0.25) is 0 Å². The molecule has 28 heavy (non-hydrogen) atoms. The average Bonchev–Trinajstić information content (AvgIpc) is 2.64. The number of amides is 1. The monoisotopic (exact) mass is 395 g/mol. The summed E-state index contributed by atoms with van der Waals surface area (Å²) in [5.74, 6) is 0.935. The van der Waals surface area contributed by atoms with E-state index in [1.54, 1.807) is 6.20 Å². The zero-order valence-corrected chi connectivity index (χ0v) is 16.0. The smallest absolute Gasteiger partial charge is 0.422 e. The van der Waals surface area contributed by atoms with Crippen molar-refractivity contribution in [3.8, 4) is 5.75 Å². The molecule has 0 aliphatic carbocycles. The van der Waals surface area contributed by atoms with E-state index in [1.165, 1.54) is 24.3 Å². The van der Waals surface area contributed by atoms with Crippen molar-refractivity contribution in [1.82, 2.24) is 10.3 Å². The maximum Gasteiger partial charge on any atom is 0.422 e. The Labute approximate surface area is 162 Å². The van der Waals surface area contributed by atoms with E-state index in [1.807, 2.05) is 19.1 Å². The lowest BCUT2D eigenvalue weighted by atomic mass is 10.1. The highest BCUT2D eigenvalue weighted by atomic mass is 19.4. The van der Waals surface area contributed by atoms with Gasteiger partial charge in [0.15, 0.2) is 6.61 Å². The van der Waals surface area contributed by atoms with Gasteiger partial charge in [0.05, 0.1) is 6.04 Å². The molecule has 0 aliphatic heterocycles. The van der Waals surface area contributed by atoms with Crippen LogP contribution in [0.15, 0.2) is 42.6 Å². The van der Waals surface area contributed by atoms with Crippen LogP contribution in [-0.4, -0.2) is 30.2 Å². The molecule has 1 amide bonds. The van der Waals surface area contributed by atoms with Gasteiger partial charge in [-0.1, -0.05) is 13.8 Å². The number of carbonyl (C=O) groups is 1. The third kappa shape index (κ3) is 7.09. The number of alkyl halides is 3. The van der Waals surface area contributed by atoms with Crippen molar-refractivity contribution in [2.75, 3.05) is 18.5 Å². The molecule has 0 radical (unpaired) electrons. The van der Waals surface area contributed by atoms with Crippen molar-refractivity contribution in [2.45, 2.75) is 33.0 Å². The molecule has 1 unspecified atom stereocenters. The van der Waals surface area contributed by atoms with Crippen LogP contribution in [0, 0.1) is 5.92 Å². The number of carbonyl (C=O) groups excluding carboxylic acids is 1. The van der Waals surface area contributed by atoms with Gasteiger partial charge in [-0.3, -0.25) is 4.79 Å². The number of nitrogens with one attached hydrogen (secondary N) is 2. The van der Waals surface area contributed by atoms with Crippen molar-refractivity contribution in [3.05, 3.63) is 53.7 Å². The molecule has 8 heteroatoms. The molecule has 152 valence electrons. The minimum Gasteiger partial charge on any atom is -0.484 e. The Morgan fingerprint density at radius 3 is 2.43 bits per heavy atom. The average molecular weight is 395 g/mol. The lowest BCUT2D eigenvalue weighted by Gasteiger charge is -2.16. The fourth-order valence-corrected chi connectivity index (χ4v) is 2.35. The van der Waals surface area contributed by atoms with Gasteiger partial charge in [0.1, 0.15) is 11.6 Å². The summed E-state index contributed by atoms with van der Waals surface area (Å²) in [6, 6.07) is 8.96. The highest BCUT2D eigenvalue weighted by molar-refractivity contribution is 5.94. The van der Waals surface area contributed by atoms with E-state index < -0.39 is 12.8 Å². The van der Waals surface area contributed by atoms with Crippen molar-refractivity contribution in [3.63, 3.8) is 0 Å². The fourth-order valence-electron chi connectivity index (χ4n) is 2.35. The number of nitrogens with zero attached hydrogens (tertiary/aromatic N) is 1. The van der Waals surface area contributed by atoms with Gasteiger partial charge in [-0.2, -0.15) is 13.2 Å². The van der Waals surface area contributed by atoms with Crippen molar-refractivity contribution in [1.29, 1.82) is 0 Å². The summed E-state index contributed by atoms with van der Waals surface area (Å²) in [5, 5.41) is 6.10. The molecule has 0 saturated carbocycles. The van der Waals surface area contributed by atoms with Gasteiger partial charge < -0.3 is 15.4 Å². The Bertz CT molecular complexity index is 777. The summed E-state index contributed by atoms with van der Waals surface area (Å²) in [6.07, 6.45) is -2.73. The summed E-state index contributed by atoms with van der Waals surface area (Å²) < 4.78 is 41.2. The van der Waals surface area contributed by atoms with Crippen LogP contribution in [0.3, 0.4) is 0 Å². The van der Waals surface area contributed by atoms with E-state index in [4.69, 9.17) is 0 Å². The molecular weight excluding hydrogens is 371 g/mol. The van der Waals surface area contributed by atoms with Crippen LogP contribution < -0.4 is 15.4 Å². The van der Waals surface area contributed by atoms with Crippen molar-refractivity contribution >= 4 is 11.7 Å². The minimum atomic E-state index is -4.40. The Morgan fingerprint density at radius 2 is 1.82 bits per heavy atom. The molecule has 2 rings (SSSR count). The number of hydrogen-bond donors (Lipinski definition) is 2. The maximum atomic E-state index is 12.4. The third-order valence-electron chi connectivity index (χ3n) is 3.84. The quantitative estimate of drug-likeness (QED) is 0.687. The second-order valence-electron chi connectivity index (χ2n) is 6.87. The highest BCUT2D eigenvalue weighted by Crippen LogP contribution is 2.20. The van der Waals surface area contributed by atoms with Crippen LogP contribution in [0.4, 0.5) is 19.0 Å². The topological polar surface area (TPSA) is 63.2 Å². The summed E-state index contributed by atoms with van der Waals surface area (Å²) in [4.78, 5) is 16.7. The zero-order chi connectivity index (χ0) is 20.7. The molecule has 2 N–H and O–H groups in total.